The third-order valence-corrected chi connectivity index (χ3v) is 12.6. The van der Waals surface area contributed by atoms with E-state index >= 15 is 0 Å². The Morgan fingerprint density at radius 2 is 0.933 bits per heavy atom. The van der Waals surface area contributed by atoms with Crippen molar-refractivity contribution in [2.24, 2.45) is 0 Å². The third kappa shape index (κ3) is 8.00. The minimum Gasteiger partial charge on any atom is -0.377 e. The van der Waals surface area contributed by atoms with Crippen LogP contribution in [0.2, 0.25) is 12.1 Å². The van der Waals surface area contributed by atoms with Crippen LogP contribution >= 0.6 is 23.5 Å². The molecule has 0 aromatic rings. The van der Waals surface area contributed by atoms with Gasteiger partial charge in [0.05, 0.1) is 9.81 Å². The molecule has 0 saturated heterocycles. The Kier molecular flexibility index (Phi) is 12.9. The molecule has 0 amide bonds. The van der Waals surface area contributed by atoms with Crippen LogP contribution in [0.5, 0.6) is 0 Å². The van der Waals surface area contributed by atoms with Crippen LogP contribution < -0.4 is 0 Å². The van der Waals surface area contributed by atoms with Crippen LogP contribution in [0.15, 0.2) is 22.0 Å². The first kappa shape index (κ1) is 27.7. The summed E-state index contributed by atoms with van der Waals surface area (Å²) < 4.78 is 32.3. The fourth-order valence-electron chi connectivity index (χ4n) is 2.80. The van der Waals surface area contributed by atoms with Crippen molar-refractivity contribution < 1.29 is 36.1 Å². The van der Waals surface area contributed by atoms with Crippen LogP contribution in [0.25, 0.3) is 0 Å². The molecule has 0 radical (unpaired) electrons. The standard InChI is InChI=1S/C18H32O8S2Si2/c1-21-29(22-2,23-3)11-7-9-27-17-13-16(20)18(14-15(17)19)28-10-8-12-30(24-4,25-5)26-6/h13-14H,7-12H2,1-6H3. The number of rotatable bonds is 16. The van der Waals surface area contributed by atoms with E-state index in [0.29, 0.717) is 33.4 Å². The Bertz CT molecular complexity index is 563. The lowest BCUT2D eigenvalue weighted by Crippen LogP contribution is -2.42. The number of hydrogen-bond donors (Lipinski definition) is 0. The molecule has 172 valence electrons. The minimum atomic E-state index is -2.61. The molecule has 0 aliphatic heterocycles. The van der Waals surface area contributed by atoms with Gasteiger partial charge in [-0.3, -0.25) is 9.59 Å². The van der Waals surface area contributed by atoms with E-state index in [2.05, 4.69) is 0 Å². The molecule has 0 atom stereocenters. The van der Waals surface area contributed by atoms with Crippen molar-refractivity contribution in [2.75, 3.05) is 54.2 Å². The van der Waals surface area contributed by atoms with Gasteiger partial charge in [0.2, 0.25) is 0 Å². The number of thioether (sulfide) groups is 2. The fourth-order valence-corrected chi connectivity index (χ4v) is 8.56. The van der Waals surface area contributed by atoms with Crippen molar-refractivity contribution in [1.82, 2.24) is 0 Å². The summed E-state index contributed by atoms with van der Waals surface area (Å²) in [6.45, 7) is 0. The molecule has 0 saturated carbocycles. The molecule has 0 heterocycles. The summed E-state index contributed by atoms with van der Waals surface area (Å²) in [5.41, 5.74) is 0. The third-order valence-electron chi connectivity index (χ3n) is 4.65. The molecule has 0 aromatic carbocycles. The maximum Gasteiger partial charge on any atom is 0.500 e. The van der Waals surface area contributed by atoms with Crippen LogP contribution in [-0.4, -0.2) is 83.3 Å². The van der Waals surface area contributed by atoms with E-state index in [1.54, 1.807) is 42.7 Å². The average Bonchev–Trinajstić information content (AvgIpc) is 2.77. The monoisotopic (exact) mass is 496 g/mol. The van der Waals surface area contributed by atoms with Gasteiger partial charge in [-0.2, -0.15) is 0 Å². The van der Waals surface area contributed by atoms with Gasteiger partial charge >= 0.3 is 17.6 Å². The predicted octanol–water partition coefficient (Wildman–Crippen LogP) is 2.91. The maximum absolute atomic E-state index is 12.4. The Hall–Kier alpha value is -0.286. The molecule has 0 fully saturated rings. The molecular weight excluding hydrogens is 464 g/mol. The van der Waals surface area contributed by atoms with Crippen LogP contribution in [0.1, 0.15) is 12.8 Å². The van der Waals surface area contributed by atoms with Gasteiger partial charge in [-0.25, -0.2) is 0 Å². The van der Waals surface area contributed by atoms with Crippen molar-refractivity contribution in [2.45, 2.75) is 24.9 Å². The smallest absolute Gasteiger partial charge is 0.377 e. The normalized spacial score (nSPS) is 15.4. The van der Waals surface area contributed by atoms with Gasteiger partial charge in [-0.05, 0) is 24.3 Å². The Morgan fingerprint density at radius 1 is 0.633 bits per heavy atom. The second kappa shape index (κ2) is 14.0. The van der Waals surface area contributed by atoms with Crippen LogP contribution in [-0.2, 0) is 36.1 Å². The molecule has 30 heavy (non-hydrogen) atoms. The SMILES string of the molecule is CO[Si](CCCSC1=CC(=O)C(SCCC[Si](OC)(OC)OC)=CC1=O)(OC)OC. The molecule has 0 spiro atoms. The quantitative estimate of drug-likeness (QED) is 0.180. The van der Waals surface area contributed by atoms with Gasteiger partial charge in [-0.1, -0.05) is 0 Å². The van der Waals surface area contributed by atoms with E-state index in [1.165, 1.54) is 35.7 Å². The molecule has 0 N–H and O–H groups in total. The molecule has 0 unspecified atom stereocenters. The van der Waals surface area contributed by atoms with Crippen LogP contribution in [0.3, 0.4) is 0 Å². The lowest BCUT2D eigenvalue weighted by molar-refractivity contribution is -0.114. The zero-order chi connectivity index (χ0) is 22.6. The topological polar surface area (TPSA) is 89.5 Å². The maximum atomic E-state index is 12.4. The molecule has 1 aliphatic carbocycles. The molecular formula is C18H32O8S2Si2. The largest absolute Gasteiger partial charge is 0.500 e. The molecule has 1 rings (SSSR count). The van der Waals surface area contributed by atoms with Crippen molar-refractivity contribution in [3.8, 4) is 0 Å². The number of carbonyl (C=O) groups is 2. The highest BCUT2D eigenvalue weighted by molar-refractivity contribution is 8.04. The highest BCUT2D eigenvalue weighted by atomic mass is 32.2. The van der Waals surface area contributed by atoms with Gasteiger partial charge in [0.25, 0.3) is 0 Å². The Morgan fingerprint density at radius 3 is 1.20 bits per heavy atom. The molecule has 12 heteroatoms. The zero-order valence-electron chi connectivity index (χ0n) is 18.5. The fraction of sp³-hybridized carbons (Fsp3) is 0.667. The first-order valence-corrected chi connectivity index (χ1v) is 15.3. The highest BCUT2D eigenvalue weighted by Crippen LogP contribution is 2.30. The zero-order valence-corrected chi connectivity index (χ0v) is 22.1. The summed E-state index contributed by atoms with van der Waals surface area (Å²) in [7, 11) is 4.22. The Labute approximate surface area is 189 Å². The molecule has 0 aromatic heterocycles. The van der Waals surface area contributed by atoms with E-state index < -0.39 is 17.6 Å². The first-order valence-electron chi connectivity index (χ1n) is 9.43. The number of hydrogen-bond acceptors (Lipinski definition) is 10. The predicted molar refractivity (Wildman–Crippen MR) is 124 cm³/mol. The van der Waals surface area contributed by atoms with Crippen LogP contribution in [0.4, 0.5) is 0 Å². The number of allylic oxidation sites excluding steroid dienone is 4. The molecule has 8 nitrogen and oxygen atoms in total. The summed E-state index contributed by atoms with van der Waals surface area (Å²) in [4.78, 5) is 25.7. The van der Waals surface area contributed by atoms with Crippen molar-refractivity contribution in [3.63, 3.8) is 0 Å². The minimum absolute atomic E-state index is 0.134. The summed E-state index contributed by atoms with van der Waals surface area (Å²) in [5, 5.41) is 0. The second-order valence-electron chi connectivity index (χ2n) is 6.24. The van der Waals surface area contributed by atoms with Gasteiger partial charge in [0.15, 0.2) is 11.6 Å². The van der Waals surface area contributed by atoms with E-state index in [-0.39, 0.29) is 11.6 Å². The van der Waals surface area contributed by atoms with Gasteiger partial charge in [-0.15, -0.1) is 23.5 Å². The van der Waals surface area contributed by atoms with Crippen molar-refractivity contribution >= 4 is 52.7 Å². The average molecular weight is 497 g/mol. The number of ketones is 2. The van der Waals surface area contributed by atoms with Crippen molar-refractivity contribution in [3.05, 3.63) is 22.0 Å². The lowest BCUT2D eigenvalue weighted by Gasteiger charge is -2.24. The highest BCUT2D eigenvalue weighted by Gasteiger charge is 2.37. The van der Waals surface area contributed by atoms with E-state index in [4.69, 9.17) is 26.6 Å². The van der Waals surface area contributed by atoms with E-state index in [9.17, 15) is 9.59 Å². The summed E-state index contributed by atoms with van der Waals surface area (Å²) in [6, 6.07) is 1.29. The molecule has 0 bridgehead atoms. The number of carbonyl (C=O) groups excluding carboxylic acids is 2. The molecule has 1 aliphatic rings. The van der Waals surface area contributed by atoms with Crippen LogP contribution in [0, 0.1) is 0 Å². The summed E-state index contributed by atoms with van der Waals surface area (Å²) in [5.74, 6) is 1.07. The first-order chi connectivity index (χ1) is 14.3. The van der Waals surface area contributed by atoms with E-state index in [0.717, 1.165) is 12.8 Å². The second-order valence-corrected chi connectivity index (χ2v) is 14.7. The van der Waals surface area contributed by atoms with Gasteiger partial charge in [0, 0.05) is 66.9 Å². The summed E-state index contributed by atoms with van der Waals surface area (Å²) >= 11 is 2.74. The lowest BCUT2D eigenvalue weighted by atomic mass is 10.2. The van der Waals surface area contributed by atoms with Gasteiger partial charge in [0.1, 0.15) is 0 Å². The summed E-state index contributed by atoms with van der Waals surface area (Å²) in [6.07, 6.45) is 4.37. The van der Waals surface area contributed by atoms with Crippen molar-refractivity contribution in [1.29, 1.82) is 0 Å². The van der Waals surface area contributed by atoms with Gasteiger partial charge < -0.3 is 26.6 Å². The van der Waals surface area contributed by atoms with E-state index in [1.807, 2.05) is 0 Å². The Balaban J connectivity index is 2.46.